The normalized spacial score (nSPS) is 16.0. The van der Waals surface area contributed by atoms with Crippen LogP contribution in [0.25, 0.3) is 0 Å². The Morgan fingerprint density at radius 3 is 2.45 bits per heavy atom. The van der Waals surface area contributed by atoms with Crippen molar-refractivity contribution in [3.63, 3.8) is 0 Å². The molecule has 2 aliphatic rings. The minimum absolute atomic E-state index is 0.134. The summed E-state index contributed by atoms with van der Waals surface area (Å²) in [6.45, 7) is 4.56. The van der Waals surface area contributed by atoms with Gasteiger partial charge >= 0.3 is 11.9 Å². The fraction of sp³-hybridized carbons (Fsp3) is 0.441. The van der Waals surface area contributed by atoms with E-state index in [1.165, 1.54) is 0 Å². The van der Waals surface area contributed by atoms with Gasteiger partial charge in [-0.15, -0.1) is 0 Å². The molecule has 1 aliphatic carbocycles. The van der Waals surface area contributed by atoms with Gasteiger partial charge in [-0.1, -0.05) is 42.5 Å². The topological polar surface area (TPSA) is 87.2 Å². The molecule has 8 heteroatoms. The van der Waals surface area contributed by atoms with Crippen molar-refractivity contribution in [3.8, 4) is 11.6 Å². The standard InChI is InChI=1S/C34H40N2O6/c1-3-40-32(37)21-30(26-12-13-26)27-10-7-11-28(20-27)41-22-25-16-18-36(19-17-25)33-29(14-15-31(35-33)39-2)34(38)42-23-24-8-5-4-6-9-24/h4-11,14-15,20,25-26,30H,3,12-13,16-19,21-23H2,1-2H3. The van der Waals surface area contributed by atoms with Crippen molar-refractivity contribution in [2.75, 3.05) is 38.3 Å². The summed E-state index contributed by atoms with van der Waals surface area (Å²) >= 11 is 0. The molecule has 1 aliphatic heterocycles. The van der Waals surface area contributed by atoms with Crippen LogP contribution in [0.4, 0.5) is 5.82 Å². The summed E-state index contributed by atoms with van der Waals surface area (Å²) in [4.78, 5) is 32.0. The second kappa shape index (κ2) is 14.2. The fourth-order valence-electron chi connectivity index (χ4n) is 5.56. The molecule has 0 radical (unpaired) electrons. The van der Waals surface area contributed by atoms with E-state index in [-0.39, 0.29) is 18.5 Å². The Labute approximate surface area is 247 Å². The molecule has 0 bridgehead atoms. The SMILES string of the molecule is CCOC(=O)CC(c1cccc(OCC2CCN(c3nc(OC)ccc3C(=O)OCc3ccccc3)CC2)c1)C1CC1. The smallest absolute Gasteiger partial charge is 0.342 e. The van der Waals surface area contributed by atoms with Gasteiger partial charge in [0.1, 0.15) is 23.7 Å². The third-order valence-electron chi connectivity index (χ3n) is 8.06. The number of piperidine rings is 1. The van der Waals surface area contributed by atoms with Crippen LogP contribution < -0.4 is 14.4 Å². The van der Waals surface area contributed by atoms with Gasteiger partial charge < -0.3 is 23.8 Å². The van der Waals surface area contributed by atoms with E-state index < -0.39 is 5.97 Å². The molecule has 0 spiro atoms. The van der Waals surface area contributed by atoms with Crippen LogP contribution in [0.1, 0.15) is 66.4 Å². The lowest BCUT2D eigenvalue weighted by Gasteiger charge is -2.33. The van der Waals surface area contributed by atoms with Gasteiger partial charge in [0.25, 0.3) is 0 Å². The summed E-state index contributed by atoms with van der Waals surface area (Å²) in [6, 6.07) is 21.2. The number of hydrogen-bond acceptors (Lipinski definition) is 8. The summed E-state index contributed by atoms with van der Waals surface area (Å²) in [5, 5.41) is 0. The molecule has 0 N–H and O–H groups in total. The Kier molecular flexibility index (Phi) is 9.95. The molecule has 1 saturated heterocycles. The molecule has 0 amide bonds. The quantitative estimate of drug-likeness (QED) is 0.224. The molecule has 3 aromatic rings. The van der Waals surface area contributed by atoms with E-state index in [1.807, 2.05) is 49.4 Å². The molecule has 222 valence electrons. The Morgan fingerprint density at radius 1 is 0.952 bits per heavy atom. The van der Waals surface area contributed by atoms with Crippen LogP contribution in [0.2, 0.25) is 0 Å². The number of esters is 2. The molecule has 2 fully saturated rings. The highest BCUT2D eigenvalue weighted by Gasteiger charge is 2.34. The van der Waals surface area contributed by atoms with Crippen LogP contribution in [0, 0.1) is 11.8 Å². The number of nitrogens with zero attached hydrogens (tertiary/aromatic N) is 2. The monoisotopic (exact) mass is 572 g/mol. The van der Waals surface area contributed by atoms with Crippen LogP contribution in [0.15, 0.2) is 66.7 Å². The molecule has 1 unspecified atom stereocenters. The summed E-state index contributed by atoms with van der Waals surface area (Å²) < 4.78 is 22.5. The predicted molar refractivity (Wildman–Crippen MR) is 160 cm³/mol. The first-order valence-electron chi connectivity index (χ1n) is 14.9. The van der Waals surface area contributed by atoms with E-state index in [4.69, 9.17) is 18.9 Å². The highest BCUT2D eigenvalue weighted by Crippen LogP contribution is 2.45. The van der Waals surface area contributed by atoms with E-state index >= 15 is 0 Å². The molecular formula is C34H40N2O6. The average Bonchev–Trinajstić information content (AvgIpc) is 3.88. The van der Waals surface area contributed by atoms with Gasteiger partial charge in [0.15, 0.2) is 0 Å². The van der Waals surface area contributed by atoms with Crippen molar-refractivity contribution < 1.29 is 28.5 Å². The number of benzene rings is 2. The summed E-state index contributed by atoms with van der Waals surface area (Å²) in [6.07, 6.45) is 4.54. The van der Waals surface area contributed by atoms with Crippen molar-refractivity contribution in [2.45, 2.75) is 51.6 Å². The van der Waals surface area contributed by atoms with Gasteiger partial charge in [0.05, 0.1) is 26.7 Å². The Bertz CT molecular complexity index is 1330. The Morgan fingerprint density at radius 2 is 1.74 bits per heavy atom. The van der Waals surface area contributed by atoms with Crippen molar-refractivity contribution >= 4 is 17.8 Å². The molecule has 1 atom stereocenters. The van der Waals surface area contributed by atoms with Crippen LogP contribution in [0.3, 0.4) is 0 Å². The summed E-state index contributed by atoms with van der Waals surface area (Å²) in [7, 11) is 1.57. The van der Waals surface area contributed by atoms with E-state index in [2.05, 4.69) is 22.0 Å². The summed E-state index contributed by atoms with van der Waals surface area (Å²) in [5.41, 5.74) is 2.52. The molecule has 1 saturated carbocycles. The number of pyridine rings is 1. The van der Waals surface area contributed by atoms with Crippen LogP contribution >= 0.6 is 0 Å². The zero-order valence-corrected chi connectivity index (χ0v) is 24.5. The molecule has 2 aromatic carbocycles. The molecular weight excluding hydrogens is 532 g/mol. The van der Waals surface area contributed by atoms with Gasteiger partial charge in [0.2, 0.25) is 5.88 Å². The number of methoxy groups -OCH3 is 1. The highest BCUT2D eigenvalue weighted by atomic mass is 16.5. The summed E-state index contributed by atoms with van der Waals surface area (Å²) in [5.74, 6) is 2.45. The first-order valence-corrected chi connectivity index (χ1v) is 14.9. The van der Waals surface area contributed by atoms with Gasteiger partial charge in [-0.2, -0.15) is 4.98 Å². The maximum absolute atomic E-state index is 13.0. The predicted octanol–water partition coefficient (Wildman–Crippen LogP) is 6.19. The van der Waals surface area contributed by atoms with Crippen LogP contribution in [0.5, 0.6) is 11.6 Å². The van der Waals surface area contributed by atoms with Crippen molar-refractivity contribution in [1.29, 1.82) is 0 Å². The van der Waals surface area contributed by atoms with Gasteiger partial charge in [0, 0.05) is 19.2 Å². The van der Waals surface area contributed by atoms with Gasteiger partial charge in [-0.25, -0.2) is 4.79 Å². The van der Waals surface area contributed by atoms with Crippen molar-refractivity contribution in [1.82, 2.24) is 4.98 Å². The third-order valence-corrected chi connectivity index (χ3v) is 8.06. The van der Waals surface area contributed by atoms with E-state index in [9.17, 15) is 9.59 Å². The second-order valence-electron chi connectivity index (χ2n) is 11.1. The Balaban J connectivity index is 1.17. The van der Waals surface area contributed by atoms with Crippen molar-refractivity contribution in [2.24, 2.45) is 11.8 Å². The molecule has 1 aromatic heterocycles. The number of rotatable bonds is 13. The van der Waals surface area contributed by atoms with E-state index in [0.29, 0.717) is 48.7 Å². The first-order chi connectivity index (χ1) is 20.5. The van der Waals surface area contributed by atoms with E-state index in [1.54, 1.807) is 19.2 Å². The molecule has 2 heterocycles. The fourth-order valence-corrected chi connectivity index (χ4v) is 5.56. The highest BCUT2D eigenvalue weighted by molar-refractivity contribution is 5.95. The van der Waals surface area contributed by atoms with Gasteiger partial charge in [-0.3, -0.25) is 4.79 Å². The average molecular weight is 573 g/mol. The third kappa shape index (κ3) is 7.81. The number of ether oxygens (including phenoxy) is 4. The Hall–Kier alpha value is -4.07. The lowest BCUT2D eigenvalue weighted by molar-refractivity contribution is -0.143. The molecule has 8 nitrogen and oxygen atoms in total. The first kappa shape index (κ1) is 29.4. The number of hydrogen-bond donors (Lipinski definition) is 0. The molecule has 5 rings (SSSR count). The molecule has 42 heavy (non-hydrogen) atoms. The largest absolute Gasteiger partial charge is 0.493 e. The zero-order valence-electron chi connectivity index (χ0n) is 24.5. The van der Waals surface area contributed by atoms with Crippen LogP contribution in [-0.2, 0) is 20.9 Å². The maximum atomic E-state index is 13.0. The maximum Gasteiger partial charge on any atom is 0.342 e. The minimum Gasteiger partial charge on any atom is -0.493 e. The van der Waals surface area contributed by atoms with Crippen LogP contribution in [-0.4, -0.2) is 50.3 Å². The number of carbonyl (C=O) groups excluding carboxylic acids is 2. The van der Waals surface area contributed by atoms with E-state index in [0.717, 1.165) is 55.6 Å². The van der Waals surface area contributed by atoms with Gasteiger partial charge in [-0.05, 0) is 79.7 Å². The minimum atomic E-state index is -0.401. The number of anilines is 1. The number of aromatic nitrogens is 1. The van der Waals surface area contributed by atoms with Crippen molar-refractivity contribution in [3.05, 3.63) is 83.4 Å². The lowest BCUT2D eigenvalue weighted by Crippen LogP contribution is -2.37. The lowest BCUT2D eigenvalue weighted by atomic mass is 9.91. The second-order valence-corrected chi connectivity index (χ2v) is 11.1. The zero-order chi connectivity index (χ0) is 29.3. The number of carbonyl (C=O) groups is 2.